The minimum Gasteiger partial charge on any atom is -0.454 e. The Kier molecular flexibility index (Phi) is 7.98. The van der Waals surface area contributed by atoms with Crippen LogP contribution in [-0.4, -0.2) is 45.4 Å². The van der Waals surface area contributed by atoms with Crippen LogP contribution < -0.4 is 10.4 Å². The molecule has 0 N–H and O–H groups in total. The van der Waals surface area contributed by atoms with Crippen molar-refractivity contribution in [3.05, 3.63) is 60.7 Å². The van der Waals surface area contributed by atoms with Gasteiger partial charge in [0.1, 0.15) is 6.10 Å². The number of hydrogen-bond donors (Lipinski definition) is 0. The third kappa shape index (κ3) is 5.25. The van der Waals surface area contributed by atoms with Gasteiger partial charge in [0.05, 0.1) is 12.5 Å². The molecular weight excluding hydrogens is 448 g/mol. The lowest BCUT2D eigenvalue weighted by atomic mass is 10.00. The van der Waals surface area contributed by atoms with Crippen LogP contribution in [0.4, 0.5) is 0 Å². The molecule has 1 heterocycles. The van der Waals surface area contributed by atoms with Crippen LogP contribution in [0.15, 0.2) is 60.7 Å². The standard InChI is InChI=1S/C27H32O6Si/c1-7-23-24(33-26(32-20(3)29)25(23)31-19(2)28)18-30-34(27(4,5)6,21-14-10-8-11-15-21)22-16-12-9-13-17-22/h1,8-17,23-26H,18H2,2-6H3/t23-,24-,25-,26?/m1/s1. The van der Waals surface area contributed by atoms with E-state index in [2.05, 4.69) is 51.0 Å². The van der Waals surface area contributed by atoms with Gasteiger partial charge in [-0.2, -0.15) is 0 Å². The van der Waals surface area contributed by atoms with Gasteiger partial charge < -0.3 is 18.6 Å². The molecule has 1 aliphatic rings. The van der Waals surface area contributed by atoms with Gasteiger partial charge in [0.2, 0.25) is 6.29 Å². The summed E-state index contributed by atoms with van der Waals surface area (Å²) in [6.07, 6.45) is 3.21. The number of carbonyl (C=O) groups excluding carboxylic acids is 2. The topological polar surface area (TPSA) is 71.1 Å². The maximum atomic E-state index is 11.7. The number of hydrogen-bond acceptors (Lipinski definition) is 6. The van der Waals surface area contributed by atoms with Gasteiger partial charge in [0.25, 0.3) is 8.32 Å². The molecule has 0 radical (unpaired) electrons. The summed E-state index contributed by atoms with van der Waals surface area (Å²) in [7, 11) is -2.83. The fourth-order valence-corrected chi connectivity index (χ4v) is 9.18. The summed E-state index contributed by atoms with van der Waals surface area (Å²) >= 11 is 0. The molecule has 0 bridgehead atoms. The van der Waals surface area contributed by atoms with Crippen molar-refractivity contribution in [2.24, 2.45) is 5.92 Å². The average molecular weight is 481 g/mol. The van der Waals surface area contributed by atoms with Crippen molar-refractivity contribution in [1.29, 1.82) is 0 Å². The van der Waals surface area contributed by atoms with Crippen molar-refractivity contribution in [3.8, 4) is 12.3 Å². The zero-order valence-corrected chi connectivity index (χ0v) is 21.3. The highest BCUT2D eigenvalue weighted by Gasteiger charge is 2.53. The van der Waals surface area contributed by atoms with Gasteiger partial charge >= 0.3 is 11.9 Å². The number of esters is 2. The zero-order chi connectivity index (χ0) is 24.9. The summed E-state index contributed by atoms with van der Waals surface area (Å²) < 4.78 is 23.6. The first-order valence-electron chi connectivity index (χ1n) is 11.3. The third-order valence-electron chi connectivity index (χ3n) is 5.99. The molecule has 0 aromatic heterocycles. The van der Waals surface area contributed by atoms with Gasteiger partial charge in [-0.1, -0.05) is 87.4 Å². The summed E-state index contributed by atoms with van der Waals surface area (Å²) in [4.78, 5) is 23.3. The molecule has 2 aromatic rings. The van der Waals surface area contributed by atoms with Gasteiger partial charge in [-0.25, -0.2) is 0 Å². The van der Waals surface area contributed by atoms with Gasteiger partial charge in [-0.15, -0.1) is 6.42 Å². The maximum Gasteiger partial charge on any atom is 0.305 e. The number of ether oxygens (including phenoxy) is 3. The molecule has 4 atom stereocenters. The van der Waals surface area contributed by atoms with Gasteiger partial charge in [0, 0.05) is 13.8 Å². The van der Waals surface area contributed by atoms with E-state index in [1.807, 2.05) is 36.4 Å². The van der Waals surface area contributed by atoms with Crippen LogP contribution in [-0.2, 0) is 28.2 Å². The van der Waals surface area contributed by atoms with Crippen molar-refractivity contribution in [2.45, 2.75) is 58.2 Å². The predicted molar refractivity (Wildman–Crippen MR) is 132 cm³/mol. The first-order chi connectivity index (χ1) is 16.1. The van der Waals surface area contributed by atoms with E-state index in [4.69, 9.17) is 25.1 Å². The van der Waals surface area contributed by atoms with Crippen LogP contribution in [0.5, 0.6) is 0 Å². The lowest BCUT2D eigenvalue weighted by Gasteiger charge is -2.43. The van der Waals surface area contributed by atoms with Gasteiger partial charge in [0.15, 0.2) is 6.10 Å². The van der Waals surface area contributed by atoms with Crippen molar-refractivity contribution in [3.63, 3.8) is 0 Å². The monoisotopic (exact) mass is 480 g/mol. The predicted octanol–water partition coefficient (Wildman–Crippen LogP) is 3.03. The molecule has 180 valence electrons. The quantitative estimate of drug-likeness (QED) is 0.345. The highest BCUT2D eigenvalue weighted by Crippen LogP contribution is 2.38. The molecule has 0 spiro atoms. The molecule has 3 rings (SSSR count). The van der Waals surface area contributed by atoms with E-state index >= 15 is 0 Å². The Morgan fingerprint density at radius 2 is 1.44 bits per heavy atom. The molecule has 6 nitrogen and oxygen atoms in total. The van der Waals surface area contributed by atoms with E-state index in [0.717, 1.165) is 10.4 Å². The van der Waals surface area contributed by atoms with Crippen LogP contribution in [0, 0.1) is 18.3 Å². The molecule has 1 saturated heterocycles. The summed E-state index contributed by atoms with van der Waals surface area (Å²) in [5.74, 6) is 0.958. The average Bonchev–Trinajstić information content (AvgIpc) is 3.09. The van der Waals surface area contributed by atoms with Crippen LogP contribution in [0.1, 0.15) is 34.6 Å². The number of terminal acetylenes is 1. The highest BCUT2D eigenvalue weighted by atomic mass is 28.4. The highest BCUT2D eigenvalue weighted by molar-refractivity contribution is 6.99. The zero-order valence-electron chi connectivity index (χ0n) is 20.3. The minimum atomic E-state index is -2.83. The van der Waals surface area contributed by atoms with Crippen LogP contribution in [0.2, 0.25) is 5.04 Å². The molecular formula is C27H32O6Si. The molecule has 2 aromatic carbocycles. The molecule has 1 fully saturated rings. The summed E-state index contributed by atoms with van der Waals surface area (Å²) in [5, 5.41) is 2.01. The van der Waals surface area contributed by atoms with Crippen molar-refractivity contribution >= 4 is 30.6 Å². The molecule has 7 heteroatoms. The van der Waals surface area contributed by atoms with Crippen LogP contribution in [0.25, 0.3) is 0 Å². The SMILES string of the molecule is C#C[C@@H]1[C@@H](CO[Si](c2ccccc2)(c2ccccc2)C(C)(C)C)OC(OC(C)=O)[C@@H]1OC(C)=O. The van der Waals surface area contributed by atoms with Crippen molar-refractivity contribution in [1.82, 2.24) is 0 Å². The van der Waals surface area contributed by atoms with Crippen LogP contribution >= 0.6 is 0 Å². The number of carbonyl (C=O) groups is 2. The maximum absolute atomic E-state index is 11.7. The second kappa shape index (κ2) is 10.6. The number of rotatable bonds is 7. The van der Waals surface area contributed by atoms with E-state index in [1.165, 1.54) is 13.8 Å². The fourth-order valence-electron chi connectivity index (χ4n) is 4.61. The Hall–Kier alpha value is -2.92. The van der Waals surface area contributed by atoms with Crippen molar-refractivity contribution < 1.29 is 28.2 Å². The fraction of sp³-hybridized carbons (Fsp3) is 0.407. The number of benzene rings is 2. The first-order valence-corrected chi connectivity index (χ1v) is 13.2. The smallest absolute Gasteiger partial charge is 0.305 e. The summed E-state index contributed by atoms with van der Waals surface area (Å²) in [6, 6.07) is 20.4. The lowest BCUT2D eigenvalue weighted by molar-refractivity contribution is -0.195. The Morgan fingerprint density at radius 1 is 0.941 bits per heavy atom. The van der Waals surface area contributed by atoms with Crippen LogP contribution in [0.3, 0.4) is 0 Å². The third-order valence-corrected chi connectivity index (χ3v) is 11.0. The Morgan fingerprint density at radius 3 is 1.85 bits per heavy atom. The normalized spacial score (nSPS) is 22.6. The molecule has 0 saturated carbocycles. The Bertz CT molecular complexity index is 985. The summed E-state index contributed by atoms with van der Waals surface area (Å²) in [5.41, 5.74) is 0. The molecule has 1 aliphatic heterocycles. The van der Waals surface area contributed by atoms with E-state index in [0.29, 0.717) is 0 Å². The molecule has 1 unspecified atom stereocenters. The molecule has 0 amide bonds. The molecule has 34 heavy (non-hydrogen) atoms. The van der Waals surface area contributed by atoms with E-state index in [1.54, 1.807) is 0 Å². The van der Waals surface area contributed by atoms with E-state index in [-0.39, 0.29) is 11.6 Å². The van der Waals surface area contributed by atoms with E-state index < -0.39 is 44.7 Å². The minimum absolute atomic E-state index is 0.150. The molecule has 0 aliphatic carbocycles. The van der Waals surface area contributed by atoms with Gasteiger partial charge in [-0.3, -0.25) is 9.59 Å². The summed E-state index contributed by atoms with van der Waals surface area (Å²) in [6.45, 7) is 9.23. The van der Waals surface area contributed by atoms with E-state index in [9.17, 15) is 9.59 Å². The first kappa shape index (κ1) is 25.7. The Balaban J connectivity index is 2.00. The Labute approximate surface area is 202 Å². The second-order valence-electron chi connectivity index (χ2n) is 9.39. The van der Waals surface area contributed by atoms with Gasteiger partial charge in [-0.05, 0) is 15.4 Å². The largest absolute Gasteiger partial charge is 0.454 e. The lowest BCUT2D eigenvalue weighted by Crippen LogP contribution is -2.67. The van der Waals surface area contributed by atoms with Crippen molar-refractivity contribution in [2.75, 3.05) is 6.61 Å². The second-order valence-corrected chi connectivity index (χ2v) is 13.7.